The first-order chi connectivity index (χ1) is 7.65. The van der Waals surface area contributed by atoms with E-state index in [9.17, 15) is 4.79 Å². The molecule has 0 aliphatic rings. The van der Waals surface area contributed by atoms with Crippen LogP contribution in [0.2, 0.25) is 0 Å². The van der Waals surface area contributed by atoms with E-state index in [-0.39, 0.29) is 12.3 Å². The number of oxazole rings is 1. The maximum Gasteiger partial charge on any atom is 0.357 e. The van der Waals surface area contributed by atoms with E-state index in [0.29, 0.717) is 6.01 Å². The van der Waals surface area contributed by atoms with Crippen LogP contribution in [0, 0.1) is 0 Å². The van der Waals surface area contributed by atoms with Crippen LogP contribution in [0.15, 0.2) is 10.7 Å². The molecule has 1 aromatic heterocycles. The lowest BCUT2D eigenvalue weighted by Crippen LogP contribution is -2.19. The maximum absolute atomic E-state index is 10.6. The van der Waals surface area contributed by atoms with Crippen LogP contribution in [0.5, 0.6) is 0 Å². The molecule has 2 N–H and O–H groups in total. The van der Waals surface area contributed by atoms with E-state index >= 15 is 0 Å². The zero-order valence-electron chi connectivity index (χ0n) is 9.22. The molecule has 0 aromatic carbocycles. The van der Waals surface area contributed by atoms with E-state index < -0.39 is 5.97 Å². The molecule has 0 saturated heterocycles. The van der Waals surface area contributed by atoms with Gasteiger partial charge in [-0.1, -0.05) is 0 Å². The Morgan fingerprint density at radius 2 is 2.25 bits per heavy atom. The molecule has 0 aliphatic heterocycles. The minimum absolute atomic E-state index is 0.0859. The summed E-state index contributed by atoms with van der Waals surface area (Å²) in [5.74, 6) is -1.09. The molecular formula is C10H16N2O4. The van der Waals surface area contributed by atoms with Crippen LogP contribution in [0.4, 0.5) is 6.01 Å². The fraction of sp³-hybridized carbons (Fsp3) is 0.600. The third-order valence-electron chi connectivity index (χ3n) is 2.19. The van der Waals surface area contributed by atoms with E-state index in [2.05, 4.69) is 4.98 Å². The SMILES string of the molecule is CN(CCCCCO)c1nc(C(=O)O)co1. The molecule has 0 aliphatic carbocycles. The zero-order chi connectivity index (χ0) is 12.0. The van der Waals surface area contributed by atoms with Crippen molar-refractivity contribution in [1.29, 1.82) is 0 Å². The van der Waals surface area contributed by atoms with Crippen LogP contribution in [-0.2, 0) is 0 Å². The highest BCUT2D eigenvalue weighted by molar-refractivity contribution is 5.85. The second-order valence-electron chi connectivity index (χ2n) is 3.53. The fourth-order valence-corrected chi connectivity index (χ4v) is 1.27. The van der Waals surface area contributed by atoms with Gasteiger partial charge in [-0.3, -0.25) is 0 Å². The molecule has 1 rings (SSSR count). The average molecular weight is 228 g/mol. The number of aromatic carboxylic acids is 1. The minimum atomic E-state index is -1.09. The quantitative estimate of drug-likeness (QED) is 0.676. The molecule has 1 aromatic rings. The summed E-state index contributed by atoms with van der Waals surface area (Å²) >= 11 is 0. The predicted molar refractivity (Wildman–Crippen MR) is 57.7 cm³/mol. The number of hydrogen-bond acceptors (Lipinski definition) is 5. The number of aliphatic hydroxyl groups is 1. The lowest BCUT2D eigenvalue weighted by Gasteiger charge is -2.13. The van der Waals surface area contributed by atoms with Crippen LogP contribution in [0.25, 0.3) is 0 Å². The molecule has 0 fully saturated rings. The summed E-state index contributed by atoms with van der Waals surface area (Å²) in [7, 11) is 1.79. The molecule has 0 amide bonds. The Hall–Kier alpha value is -1.56. The van der Waals surface area contributed by atoms with E-state index in [1.165, 1.54) is 0 Å². The van der Waals surface area contributed by atoms with Gasteiger partial charge < -0.3 is 19.5 Å². The molecule has 90 valence electrons. The number of rotatable bonds is 7. The molecular weight excluding hydrogens is 212 g/mol. The van der Waals surface area contributed by atoms with E-state index in [1.54, 1.807) is 11.9 Å². The van der Waals surface area contributed by atoms with Crippen molar-refractivity contribution in [3.8, 4) is 0 Å². The molecule has 0 unspecified atom stereocenters. The van der Waals surface area contributed by atoms with Crippen molar-refractivity contribution < 1.29 is 19.4 Å². The van der Waals surface area contributed by atoms with Gasteiger partial charge in [-0.15, -0.1) is 0 Å². The molecule has 0 bridgehead atoms. The molecule has 0 saturated carbocycles. The van der Waals surface area contributed by atoms with Gasteiger partial charge >= 0.3 is 5.97 Å². The van der Waals surface area contributed by atoms with Crippen LogP contribution >= 0.6 is 0 Å². The highest BCUT2D eigenvalue weighted by atomic mass is 16.4. The molecule has 0 radical (unpaired) electrons. The van der Waals surface area contributed by atoms with E-state index in [1.807, 2.05) is 0 Å². The largest absolute Gasteiger partial charge is 0.476 e. The number of hydrogen-bond donors (Lipinski definition) is 2. The summed E-state index contributed by atoms with van der Waals surface area (Å²) in [6.07, 6.45) is 3.73. The topological polar surface area (TPSA) is 86.8 Å². The minimum Gasteiger partial charge on any atom is -0.476 e. The summed E-state index contributed by atoms with van der Waals surface area (Å²) in [4.78, 5) is 16.1. The highest BCUT2D eigenvalue weighted by Crippen LogP contribution is 2.12. The normalized spacial score (nSPS) is 10.4. The number of aliphatic hydroxyl groups excluding tert-OH is 1. The van der Waals surface area contributed by atoms with Gasteiger partial charge in [-0.2, -0.15) is 4.98 Å². The van der Waals surface area contributed by atoms with Crippen molar-refractivity contribution in [2.45, 2.75) is 19.3 Å². The monoisotopic (exact) mass is 228 g/mol. The van der Waals surface area contributed by atoms with Gasteiger partial charge in [0.15, 0.2) is 5.69 Å². The van der Waals surface area contributed by atoms with Crippen molar-refractivity contribution in [1.82, 2.24) is 4.98 Å². The van der Waals surface area contributed by atoms with Gasteiger partial charge in [-0.25, -0.2) is 4.79 Å². The molecule has 0 spiro atoms. The number of carboxylic acid groups (broad SMARTS) is 1. The Balaban J connectivity index is 2.40. The third kappa shape index (κ3) is 3.54. The maximum atomic E-state index is 10.6. The Morgan fingerprint density at radius 3 is 2.81 bits per heavy atom. The van der Waals surface area contributed by atoms with Crippen LogP contribution < -0.4 is 4.90 Å². The molecule has 0 atom stereocenters. The molecule has 16 heavy (non-hydrogen) atoms. The van der Waals surface area contributed by atoms with Gasteiger partial charge in [0.25, 0.3) is 6.01 Å². The van der Waals surface area contributed by atoms with Crippen LogP contribution in [-0.4, -0.2) is 41.4 Å². The lowest BCUT2D eigenvalue weighted by atomic mass is 10.2. The first-order valence-corrected chi connectivity index (χ1v) is 5.16. The number of unbranched alkanes of at least 4 members (excludes halogenated alkanes) is 2. The standard InChI is InChI=1S/C10H16N2O4/c1-12(5-3-2-4-6-13)10-11-8(7-16-10)9(14)15/h7,13H,2-6H2,1H3,(H,14,15). The van der Waals surface area contributed by atoms with E-state index in [0.717, 1.165) is 32.1 Å². The van der Waals surface area contributed by atoms with Gasteiger partial charge in [0.1, 0.15) is 6.26 Å². The number of aromatic nitrogens is 1. The summed E-state index contributed by atoms with van der Waals surface area (Å²) in [6.45, 7) is 0.922. The smallest absolute Gasteiger partial charge is 0.357 e. The Bertz CT molecular complexity index is 337. The summed E-state index contributed by atoms with van der Waals surface area (Å²) in [5, 5.41) is 17.3. The lowest BCUT2D eigenvalue weighted by molar-refractivity contribution is 0.0690. The fourth-order valence-electron chi connectivity index (χ4n) is 1.27. The second kappa shape index (κ2) is 6.12. The van der Waals surface area contributed by atoms with Crippen LogP contribution in [0.1, 0.15) is 29.8 Å². The van der Waals surface area contributed by atoms with Crippen molar-refractivity contribution in [3.05, 3.63) is 12.0 Å². The molecule has 6 heteroatoms. The van der Waals surface area contributed by atoms with Crippen molar-refractivity contribution in [2.75, 3.05) is 25.1 Å². The van der Waals surface area contributed by atoms with Gasteiger partial charge in [0.2, 0.25) is 0 Å². The second-order valence-corrected chi connectivity index (χ2v) is 3.53. The Labute approximate surface area is 93.5 Å². The number of nitrogens with zero attached hydrogens (tertiary/aromatic N) is 2. The number of carbonyl (C=O) groups is 1. The summed E-state index contributed by atoms with van der Waals surface area (Å²) < 4.78 is 5.03. The number of anilines is 1. The van der Waals surface area contributed by atoms with Crippen molar-refractivity contribution in [2.24, 2.45) is 0 Å². The third-order valence-corrected chi connectivity index (χ3v) is 2.19. The van der Waals surface area contributed by atoms with Gasteiger partial charge in [0.05, 0.1) is 0 Å². The first kappa shape index (κ1) is 12.5. The Morgan fingerprint density at radius 1 is 1.50 bits per heavy atom. The summed E-state index contributed by atoms with van der Waals surface area (Å²) in [5.41, 5.74) is -0.0859. The Kier molecular flexibility index (Phi) is 4.78. The molecule has 6 nitrogen and oxygen atoms in total. The summed E-state index contributed by atoms with van der Waals surface area (Å²) in [6, 6.07) is 0.307. The average Bonchev–Trinajstić information content (AvgIpc) is 2.73. The highest BCUT2D eigenvalue weighted by Gasteiger charge is 2.12. The van der Waals surface area contributed by atoms with Crippen LogP contribution in [0.3, 0.4) is 0 Å². The van der Waals surface area contributed by atoms with E-state index in [4.69, 9.17) is 14.6 Å². The van der Waals surface area contributed by atoms with Gasteiger partial charge in [-0.05, 0) is 19.3 Å². The first-order valence-electron chi connectivity index (χ1n) is 5.16. The van der Waals surface area contributed by atoms with Gasteiger partial charge in [0, 0.05) is 20.2 Å². The number of carboxylic acids is 1. The predicted octanol–water partition coefficient (Wildman–Crippen LogP) is 0.972. The van der Waals surface area contributed by atoms with Crippen molar-refractivity contribution in [3.63, 3.8) is 0 Å². The van der Waals surface area contributed by atoms with Crippen molar-refractivity contribution >= 4 is 12.0 Å². The zero-order valence-corrected chi connectivity index (χ0v) is 9.22. The molecule has 1 heterocycles.